The molecule has 0 radical (unpaired) electrons. The number of ether oxygens (including phenoxy) is 1. The number of aromatic nitrogens is 3. The molecule has 5 rings (SSSR count). The van der Waals surface area contributed by atoms with Crippen molar-refractivity contribution >= 4 is 16.9 Å². The molecule has 0 unspecified atom stereocenters. The number of hydrogen-bond acceptors (Lipinski definition) is 5. The largest absolute Gasteiger partial charge is 0.487 e. The molecule has 0 atom stereocenters. The quantitative estimate of drug-likeness (QED) is 0.343. The fourth-order valence-corrected chi connectivity index (χ4v) is 4.12. The molecule has 0 saturated heterocycles. The Morgan fingerprint density at radius 1 is 0.971 bits per heavy atom. The van der Waals surface area contributed by atoms with Gasteiger partial charge in [0.25, 0.3) is 0 Å². The summed E-state index contributed by atoms with van der Waals surface area (Å²) < 4.78 is 7.94. The van der Waals surface area contributed by atoms with Crippen LogP contribution in [-0.4, -0.2) is 25.8 Å². The van der Waals surface area contributed by atoms with E-state index in [4.69, 9.17) is 15.6 Å². The molecule has 2 aromatic heterocycles. The van der Waals surface area contributed by atoms with E-state index in [0.29, 0.717) is 17.9 Å². The molecule has 3 aromatic carbocycles. The molecule has 0 aliphatic rings. The molecule has 0 aliphatic carbocycles. The number of carbonyl (C=O) groups is 1. The number of aliphatic carboxylic acids is 1. The van der Waals surface area contributed by atoms with Gasteiger partial charge < -0.3 is 15.6 Å². The van der Waals surface area contributed by atoms with E-state index in [1.165, 1.54) is 0 Å². The van der Waals surface area contributed by atoms with Crippen molar-refractivity contribution in [1.29, 1.82) is 0 Å². The molecular formula is C28H24N4O3. The van der Waals surface area contributed by atoms with Crippen molar-refractivity contribution in [1.82, 2.24) is 14.8 Å². The number of rotatable bonds is 8. The Kier molecular flexibility index (Phi) is 6.24. The van der Waals surface area contributed by atoms with Crippen LogP contribution in [0.4, 0.5) is 0 Å². The Bertz CT molecular complexity index is 1500. The van der Waals surface area contributed by atoms with E-state index in [1.807, 2.05) is 41.1 Å². The zero-order chi connectivity index (χ0) is 24.2. The van der Waals surface area contributed by atoms with Crippen LogP contribution in [0.15, 0.2) is 91.3 Å². The lowest BCUT2D eigenvalue weighted by Gasteiger charge is -2.09. The first-order valence-corrected chi connectivity index (χ1v) is 11.3. The minimum atomic E-state index is -0.906. The molecule has 7 heteroatoms. The van der Waals surface area contributed by atoms with Gasteiger partial charge in [0.2, 0.25) is 0 Å². The Balaban J connectivity index is 1.57. The molecule has 0 aliphatic heterocycles. The van der Waals surface area contributed by atoms with Crippen LogP contribution >= 0.6 is 0 Å². The number of nitrogens with zero attached hydrogens (tertiary/aromatic N) is 3. The molecule has 174 valence electrons. The van der Waals surface area contributed by atoms with Crippen molar-refractivity contribution < 1.29 is 14.6 Å². The SMILES string of the molecule is NCc1cccc(-c2ccc3c(c2)c(COc2ccccc2CC(=O)O)nn3-c2cccnc2)c1. The number of hydrogen-bond donors (Lipinski definition) is 2. The van der Waals surface area contributed by atoms with Crippen molar-refractivity contribution in [2.75, 3.05) is 0 Å². The highest BCUT2D eigenvalue weighted by molar-refractivity contribution is 5.88. The van der Waals surface area contributed by atoms with Gasteiger partial charge in [0, 0.05) is 23.7 Å². The Morgan fingerprint density at radius 3 is 2.63 bits per heavy atom. The third-order valence-electron chi connectivity index (χ3n) is 5.82. The van der Waals surface area contributed by atoms with Crippen LogP contribution in [0.25, 0.3) is 27.7 Å². The monoisotopic (exact) mass is 464 g/mol. The Hall–Kier alpha value is -4.49. The highest BCUT2D eigenvalue weighted by atomic mass is 16.5. The molecule has 0 fully saturated rings. The van der Waals surface area contributed by atoms with Gasteiger partial charge in [0.1, 0.15) is 18.1 Å². The minimum Gasteiger partial charge on any atom is -0.487 e. The second-order valence-electron chi connectivity index (χ2n) is 8.17. The molecule has 5 aromatic rings. The number of carboxylic acids is 1. The van der Waals surface area contributed by atoms with E-state index in [0.717, 1.165) is 39.0 Å². The molecule has 0 saturated carbocycles. The van der Waals surface area contributed by atoms with Gasteiger partial charge in [-0.3, -0.25) is 9.78 Å². The van der Waals surface area contributed by atoms with Gasteiger partial charge in [-0.2, -0.15) is 5.10 Å². The van der Waals surface area contributed by atoms with E-state index in [-0.39, 0.29) is 13.0 Å². The summed E-state index contributed by atoms with van der Waals surface area (Å²) in [5.41, 5.74) is 12.2. The fourth-order valence-electron chi connectivity index (χ4n) is 4.12. The average Bonchev–Trinajstić information content (AvgIpc) is 3.26. The predicted molar refractivity (Wildman–Crippen MR) is 134 cm³/mol. The van der Waals surface area contributed by atoms with Crippen LogP contribution in [0.1, 0.15) is 16.8 Å². The first kappa shape index (κ1) is 22.3. The summed E-state index contributed by atoms with van der Waals surface area (Å²) in [6, 6.07) is 25.4. The van der Waals surface area contributed by atoms with Gasteiger partial charge in [0.15, 0.2) is 0 Å². The van der Waals surface area contributed by atoms with Crippen molar-refractivity contribution in [2.45, 2.75) is 19.6 Å². The maximum atomic E-state index is 11.3. The molecule has 3 N–H and O–H groups in total. The van der Waals surface area contributed by atoms with E-state index in [2.05, 4.69) is 29.2 Å². The summed E-state index contributed by atoms with van der Waals surface area (Å²) in [6.07, 6.45) is 3.38. The topological polar surface area (TPSA) is 103 Å². The first-order valence-electron chi connectivity index (χ1n) is 11.3. The molecule has 0 amide bonds. The zero-order valence-corrected chi connectivity index (χ0v) is 19.0. The second kappa shape index (κ2) is 9.79. The van der Waals surface area contributed by atoms with E-state index < -0.39 is 5.97 Å². The summed E-state index contributed by atoms with van der Waals surface area (Å²) in [7, 11) is 0. The molecule has 7 nitrogen and oxygen atoms in total. The smallest absolute Gasteiger partial charge is 0.307 e. The Morgan fingerprint density at radius 2 is 1.83 bits per heavy atom. The molecule has 2 heterocycles. The van der Waals surface area contributed by atoms with Gasteiger partial charge in [-0.15, -0.1) is 0 Å². The first-order chi connectivity index (χ1) is 17.1. The van der Waals surface area contributed by atoms with Crippen LogP contribution < -0.4 is 10.5 Å². The van der Waals surface area contributed by atoms with Crippen LogP contribution in [0.5, 0.6) is 5.75 Å². The predicted octanol–water partition coefficient (Wildman–Crippen LogP) is 4.75. The number of fused-ring (bicyclic) bond motifs is 1. The lowest BCUT2D eigenvalue weighted by Crippen LogP contribution is -2.05. The molecule has 0 spiro atoms. The highest BCUT2D eigenvalue weighted by Gasteiger charge is 2.15. The second-order valence-corrected chi connectivity index (χ2v) is 8.17. The summed E-state index contributed by atoms with van der Waals surface area (Å²) in [4.78, 5) is 15.5. The minimum absolute atomic E-state index is 0.108. The van der Waals surface area contributed by atoms with E-state index >= 15 is 0 Å². The van der Waals surface area contributed by atoms with E-state index in [9.17, 15) is 9.90 Å². The van der Waals surface area contributed by atoms with Gasteiger partial charge >= 0.3 is 5.97 Å². The fraction of sp³-hybridized carbons (Fsp3) is 0.107. The van der Waals surface area contributed by atoms with Crippen molar-refractivity contribution in [3.05, 3.63) is 108 Å². The number of carboxylic acid groups (broad SMARTS) is 1. The standard InChI is InChI=1S/C28H24N4O3/c29-16-19-5-3-7-20(13-19)21-10-11-26-24(14-21)25(31-32(26)23-8-4-12-30-17-23)18-35-27-9-2-1-6-22(27)15-28(33)34/h1-14,17H,15-16,18,29H2,(H,33,34). The maximum absolute atomic E-state index is 11.3. The van der Waals surface area contributed by atoms with Crippen LogP contribution in [-0.2, 0) is 24.4 Å². The Labute approximate surface area is 202 Å². The zero-order valence-electron chi connectivity index (χ0n) is 19.0. The number of para-hydroxylation sites is 1. The average molecular weight is 465 g/mol. The van der Waals surface area contributed by atoms with Gasteiger partial charge in [-0.25, -0.2) is 4.68 Å². The van der Waals surface area contributed by atoms with Crippen molar-refractivity contribution in [3.63, 3.8) is 0 Å². The summed E-state index contributed by atoms with van der Waals surface area (Å²) in [6.45, 7) is 0.663. The van der Waals surface area contributed by atoms with Gasteiger partial charge in [0.05, 0.1) is 23.8 Å². The number of nitrogens with two attached hydrogens (primary N) is 1. The lowest BCUT2D eigenvalue weighted by atomic mass is 10.0. The molecule has 35 heavy (non-hydrogen) atoms. The maximum Gasteiger partial charge on any atom is 0.307 e. The van der Waals surface area contributed by atoms with E-state index in [1.54, 1.807) is 30.6 Å². The highest BCUT2D eigenvalue weighted by Crippen LogP contribution is 2.30. The van der Waals surface area contributed by atoms with Crippen molar-refractivity contribution in [3.8, 4) is 22.6 Å². The van der Waals surface area contributed by atoms with Crippen LogP contribution in [0, 0.1) is 0 Å². The normalized spacial score (nSPS) is 11.0. The number of benzene rings is 3. The van der Waals surface area contributed by atoms with Gasteiger partial charge in [-0.05, 0) is 53.1 Å². The third-order valence-corrected chi connectivity index (χ3v) is 5.82. The third kappa shape index (κ3) is 4.76. The summed E-state index contributed by atoms with van der Waals surface area (Å²) >= 11 is 0. The summed E-state index contributed by atoms with van der Waals surface area (Å²) in [5.74, 6) is -0.373. The lowest BCUT2D eigenvalue weighted by molar-refractivity contribution is -0.136. The molecule has 0 bridgehead atoms. The molecular weight excluding hydrogens is 440 g/mol. The number of pyridine rings is 1. The van der Waals surface area contributed by atoms with Crippen LogP contribution in [0.3, 0.4) is 0 Å². The van der Waals surface area contributed by atoms with Crippen molar-refractivity contribution in [2.24, 2.45) is 5.73 Å². The summed E-state index contributed by atoms with van der Waals surface area (Å²) in [5, 5.41) is 15.0. The van der Waals surface area contributed by atoms with Gasteiger partial charge in [-0.1, -0.05) is 42.5 Å². The van der Waals surface area contributed by atoms with Crippen LogP contribution in [0.2, 0.25) is 0 Å².